The number of imidazole rings is 1. The third-order valence-corrected chi connectivity index (χ3v) is 13.3. The first-order chi connectivity index (χ1) is 29.9. The molecule has 9 rings (SSSR count). The van der Waals surface area contributed by atoms with Gasteiger partial charge in [-0.1, -0.05) is 115 Å². The molecule has 308 valence electrons. The molecule has 12 nitrogen and oxygen atoms in total. The highest BCUT2D eigenvalue weighted by molar-refractivity contribution is 7.23. The molecular formula is C47H41N5O7S2. The number of carbonyl (C=O) groups is 1. The standard InChI is InChI=1S/C47H41N5O7S2/c1-56-43-46(55,57-2)38(28-53)59-47(43,45(31-16-7-3-8-17-31,32-18-9-4-10-19-32)33-20-11-5-12-21-33)52-42-41(51-44(52)50-39(54)29-58-34-22-13-6-14-23-34)40(48-30-49-42)37-26-25-36(61-37)35-24-15-27-60-35/h3-27,30,38,43,53,55H,28-29H2,1-2H3,(H,50,51,54)/t38-,43-,46+,47+/m1/s1. The van der Waals surface area contributed by atoms with Crippen LogP contribution in [0.25, 0.3) is 31.5 Å². The Morgan fingerprint density at radius 2 is 1.41 bits per heavy atom. The summed E-state index contributed by atoms with van der Waals surface area (Å²) in [7, 11) is 2.78. The van der Waals surface area contributed by atoms with E-state index < -0.39 is 41.6 Å². The molecule has 1 amide bonds. The van der Waals surface area contributed by atoms with Crippen molar-refractivity contribution < 1.29 is 34.0 Å². The zero-order valence-electron chi connectivity index (χ0n) is 33.1. The van der Waals surface area contributed by atoms with Crippen LogP contribution in [0.2, 0.25) is 0 Å². The number of aliphatic hydroxyl groups excluding tert-OH is 1. The first-order valence-electron chi connectivity index (χ1n) is 19.5. The Kier molecular flexibility index (Phi) is 11.1. The second-order valence-electron chi connectivity index (χ2n) is 14.4. The lowest BCUT2D eigenvalue weighted by Crippen LogP contribution is -2.64. The van der Waals surface area contributed by atoms with Gasteiger partial charge in [-0.15, -0.1) is 22.7 Å². The molecule has 4 aromatic heterocycles. The molecule has 4 atom stereocenters. The van der Waals surface area contributed by atoms with Gasteiger partial charge in [0.15, 0.2) is 24.1 Å². The van der Waals surface area contributed by atoms with Crippen molar-refractivity contribution in [1.82, 2.24) is 19.5 Å². The van der Waals surface area contributed by atoms with Crippen molar-refractivity contribution >= 4 is 45.7 Å². The molecule has 0 unspecified atom stereocenters. The number of amides is 1. The number of methoxy groups -OCH3 is 2. The van der Waals surface area contributed by atoms with Crippen molar-refractivity contribution in [3.8, 4) is 26.1 Å². The second kappa shape index (κ2) is 16.7. The SMILES string of the molecule is CO[C@@H]1[C@@](O)(OC)[C@@H](CO)O[C@]1(n1c(NC(=O)COc2ccccc2)nc2c(-c3ccc(-c4cccs4)s3)ncnc21)C(c1ccccc1)(c1ccccc1)c1ccccc1. The molecular weight excluding hydrogens is 811 g/mol. The number of thiophene rings is 2. The van der Waals surface area contributed by atoms with Crippen molar-refractivity contribution in [2.75, 3.05) is 32.8 Å². The number of aromatic nitrogens is 4. The number of nitrogens with one attached hydrogen (secondary N) is 1. The van der Waals surface area contributed by atoms with Crippen LogP contribution in [0.5, 0.6) is 5.75 Å². The molecule has 5 heterocycles. The van der Waals surface area contributed by atoms with E-state index in [1.54, 1.807) is 39.4 Å². The van der Waals surface area contributed by atoms with E-state index in [2.05, 4.69) is 11.4 Å². The summed E-state index contributed by atoms with van der Waals surface area (Å²) in [6.07, 6.45) is -1.44. The molecule has 1 saturated heterocycles. The number of para-hydroxylation sites is 1. The van der Waals surface area contributed by atoms with Crippen LogP contribution in [0.4, 0.5) is 5.95 Å². The van der Waals surface area contributed by atoms with Gasteiger partial charge in [-0.05, 0) is 52.4 Å². The maximum Gasteiger partial charge on any atom is 0.264 e. The van der Waals surface area contributed by atoms with E-state index in [1.807, 2.05) is 133 Å². The molecule has 1 aliphatic heterocycles. The van der Waals surface area contributed by atoms with Crippen LogP contribution in [-0.4, -0.2) is 81.1 Å². The fraction of sp³-hybridized carbons (Fsp3) is 0.191. The van der Waals surface area contributed by atoms with Crippen molar-refractivity contribution in [2.24, 2.45) is 0 Å². The normalized spacial score (nSPS) is 20.2. The van der Waals surface area contributed by atoms with Gasteiger partial charge in [-0.2, -0.15) is 0 Å². The summed E-state index contributed by atoms with van der Waals surface area (Å²) in [6.45, 7) is -1.05. The number of anilines is 1. The van der Waals surface area contributed by atoms with Gasteiger partial charge in [0.1, 0.15) is 29.4 Å². The van der Waals surface area contributed by atoms with Gasteiger partial charge in [-0.3, -0.25) is 14.7 Å². The Hall–Kier alpha value is -6.10. The van der Waals surface area contributed by atoms with E-state index in [4.69, 9.17) is 33.9 Å². The number of nitrogens with zero attached hydrogens (tertiary/aromatic N) is 4. The van der Waals surface area contributed by atoms with Crippen LogP contribution >= 0.6 is 22.7 Å². The molecule has 1 aliphatic rings. The summed E-state index contributed by atoms with van der Waals surface area (Å²) >= 11 is 3.18. The fourth-order valence-corrected chi connectivity index (χ4v) is 10.5. The summed E-state index contributed by atoms with van der Waals surface area (Å²) in [6, 6.07) is 46.2. The molecule has 61 heavy (non-hydrogen) atoms. The molecule has 0 saturated carbocycles. The van der Waals surface area contributed by atoms with E-state index >= 15 is 0 Å². The predicted molar refractivity (Wildman–Crippen MR) is 234 cm³/mol. The lowest BCUT2D eigenvalue weighted by atomic mass is 9.60. The number of rotatable bonds is 14. The minimum absolute atomic E-state index is 0.0142. The van der Waals surface area contributed by atoms with Gasteiger partial charge in [0, 0.05) is 24.0 Å². The number of aliphatic hydroxyl groups is 2. The lowest BCUT2D eigenvalue weighted by molar-refractivity contribution is -0.260. The largest absolute Gasteiger partial charge is 0.484 e. The van der Waals surface area contributed by atoms with E-state index in [0.29, 0.717) is 33.7 Å². The zero-order chi connectivity index (χ0) is 42.0. The average Bonchev–Trinajstić information content (AvgIpc) is 4.13. The van der Waals surface area contributed by atoms with Crippen LogP contribution in [0.3, 0.4) is 0 Å². The smallest absolute Gasteiger partial charge is 0.264 e. The first-order valence-corrected chi connectivity index (χ1v) is 21.2. The second-order valence-corrected chi connectivity index (χ2v) is 16.4. The predicted octanol–water partition coefficient (Wildman–Crippen LogP) is 7.73. The fourth-order valence-electron chi connectivity index (χ4n) is 8.67. The van der Waals surface area contributed by atoms with Crippen LogP contribution < -0.4 is 10.1 Å². The van der Waals surface area contributed by atoms with Crippen molar-refractivity contribution in [2.45, 2.75) is 29.1 Å². The Morgan fingerprint density at radius 1 is 0.803 bits per heavy atom. The van der Waals surface area contributed by atoms with Crippen molar-refractivity contribution in [3.05, 3.63) is 174 Å². The molecule has 0 spiro atoms. The minimum Gasteiger partial charge on any atom is -0.484 e. The molecule has 0 aliphatic carbocycles. The summed E-state index contributed by atoms with van der Waals surface area (Å²) in [5.41, 5.74) is -0.326. The van der Waals surface area contributed by atoms with E-state index in [-0.39, 0.29) is 18.2 Å². The highest BCUT2D eigenvalue weighted by Crippen LogP contribution is 2.61. The van der Waals surface area contributed by atoms with Gasteiger partial charge < -0.3 is 29.2 Å². The lowest BCUT2D eigenvalue weighted by Gasteiger charge is -2.52. The van der Waals surface area contributed by atoms with Crippen molar-refractivity contribution in [1.29, 1.82) is 0 Å². The van der Waals surface area contributed by atoms with Gasteiger partial charge in [-0.25, -0.2) is 15.0 Å². The van der Waals surface area contributed by atoms with Gasteiger partial charge >= 0.3 is 0 Å². The van der Waals surface area contributed by atoms with Crippen LogP contribution in [0.15, 0.2) is 157 Å². The molecule has 14 heteroatoms. The van der Waals surface area contributed by atoms with Crippen LogP contribution in [-0.2, 0) is 30.1 Å². The van der Waals surface area contributed by atoms with Gasteiger partial charge in [0.25, 0.3) is 5.91 Å². The van der Waals surface area contributed by atoms with Crippen LogP contribution in [0.1, 0.15) is 16.7 Å². The molecule has 8 aromatic rings. The maximum absolute atomic E-state index is 14.2. The average molecular weight is 852 g/mol. The highest BCUT2D eigenvalue weighted by atomic mass is 32.1. The Balaban J connectivity index is 1.40. The summed E-state index contributed by atoms with van der Waals surface area (Å²) < 4.78 is 27.4. The van der Waals surface area contributed by atoms with E-state index in [1.165, 1.54) is 20.5 Å². The third kappa shape index (κ3) is 6.64. The minimum atomic E-state index is -2.29. The third-order valence-electron chi connectivity index (χ3n) is 11.1. The van der Waals surface area contributed by atoms with Crippen molar-refractivity contribution in [3.63, 3.8) is 0 Å². The maximum atomic E-state index is 14.2. The molecule has 0 bridgehead atoms. The Labute approximate surface area is 359 Å². The Bertz CT molecular complexity index is 2640. The topological polar surface area (TPSA) is 150 Å². The van der Waals surface area contributed by atoms with Crippen LogP contribution in [0, 0.1) is 0 Å². The molecule has 4 aromatic carbocycles. The molecule has 0 radical (unpaired) electrons. The summed E-state index contributed by atoms with van der Waals surface area (Å²) in [5, 5.41) is 29.1. The number of benzene rings is 4. The number of ether oxygens (including phenoxy) is 4. The van der Waals surface area contributed by atoms with Gasteiger partial charge in [0.05, 0.1) is 16.9 Å². The highest BCUT2D eigenvalue weighted by Gasteiger charge is 2.75. The Morgan fingerprint density at radius 3 is 1.97 bits per heavy atom. The first kappa shape index (κ1) is 40.3. The molecule has 3 N–H and O–H groups in total. The number of carbonyl (C=O) groups excluding carboxylic acids is 1. The quantitative estimate of drug-likeness (QED) is 0.0733. The monoisotopic (exact) mass is 851 g/mol. The van der Waals surface area contributed by atoms with Gasteiger partial charge in [0.2, 0.25) is 11.7 Å². The van der Waals surface area contributed by atoms with E-state index in [9.17, 15) is 15.0 Å². The summed E-state index contributed by atoms with van der Waals surface area (Å²) in [5.74, 6) is -2.35. The number of hydrogen-bond donors (Lipinski definition) is 3. The number of hydrogen-bond acceptors (Lipinski definition) is 12. The summed E-state index contributed by atoms with van der Waals surface area (Å²) in [4.78, 5) is 32.1. The van der Waals surface area contributed by atoms with E-state index in [0.717, 1.165) is 14.6 Å². The zero-order valence-corrected chi connectivity index (χ0v) is 34.8. The number of fused-ring (bicyclic) bond motifs is 1. The molecule has 1 fully saturated rings.